The maximum absolute atomic E-state index is 11.6. The van der Waals surface area contributed by atoms with Gasteiger partial charge in [-0.15, -0.1) is 0 Å². The van der Waals surface area contributed by atoms with Crippen LogP contribution < -0.4 is 5.32 Å². The van der Waals surface area contributed by atoms with Gasteiger partial charge in [0.05, 0.1) is 23.9 Å². The number of nitrogens with one attached hydrogen (secondary N) is 1. The lowest BCUT2D eigenvalue weighted by Gasteiger charge is -2.11. The van der Waals surface area contributed by atoms with Crippen molar-refractivity contribution >= 4 is 40.1 Å². The fourth-order valence-corrected chi connectivity index (χ4v) is 3.02. The number of aromatic nitrogens is 2. The molecule has 0 saturated heterocycles. The van der Waals surface area contributed by atoms with Crippen molar-refractivity contribution in [3.05, 3.63) is 83.4 Å². The van der Waals surface area contributed by atoms with Crippen LogP contribution in [0.1, 0.15) is 10.4 Å². The van der Waals surface area contributed by atoms with Crippen molar-refractivity contribution in [2.45, 2.75) is 0 Å². The predicted octanol–water partition coefficient (Wildman–Crippen LogP) is 5.48. The van der Waals surface area contributed by atoms with Gasteiger partial charge < -0.3 is 10.1 Å². The Labute approximate surface area is 167 Å². The molecular formula is C22H16ClN3O2. The van der Waals surface area contributed by atoms with E-state index in [1.54, 1.807) is 24.3 Å². The van der Waals surface area contributed by atoms with Crippen LogP contribution in [0, 0.1) is 0 Å². The first kappa shape index (κ1) is 17.9. The lowest BCUT2D eigenvalue weighted by atomic mass is 10.1. The number of hydrogen-bond acceptors (Lipinski definition) is 5. The third-order valence-electron chi connectivity index (χ3n) is 4.28. The fourth-order valence-electron chi connectivity index (χ4n) is 2.90. The minimum Gasteiger partial charge on any atom is -0.465 e. The number of methoxy groups -OCH3 is 1. The third kappa shape index (κ3) is 3.66. The zero-order chi connectivity index (χ0) is 19.5. The van der Waals surface area contributed by atoms with Gasteiger partial charge in [0.25, 0.3) is 0 Å². The second kappa shape index (κ2) is 7.66. The maximum atomic E-state index is 11.6. The average Bonchev–Trinajstić information content (AvgIpc) is 2.74. The van der Waals surface area contributed by atoms with Gasteiger partial charge in [0, 0.05) is 21.7 Å². The summed E-state index contributed by atoms with van der Waals surface area (Å²) < 4.78 is 4.72. The number of fused-ring (bicyclic) bond motifs is 1. The topological polar surface area (TPSA) is 64.1 Å². The molecule has 0 spiro atoms. The molecule has 0 bridgehead atoms. The van der Waals surface area contributed by atoms with Gasteiger partial charge in [-0.1, -0.05) is 41.9 Å². The molecule has 0 aliphatic heterocycles. The van der Waals surface area contributed by atoms with Gasteiger partial charge in [-0.3, -0.25) is 0 Å². The van der Waals surface area contributed by atoms with Crippen LogP contribution >= 0.6 is 11.6 Å². The summed E-state index contributed by atoms with van der Waals surface area (Å²) in [5.74, 6) is 0.0907. The highest BCUT2D eigenvalue weighted by Crippen LogP contribution is 2.29. The number of rotatable bonds is 4. The van der Waals surface area contributed by atoms with Crippen molar-refractivity contribution in [3.8, 4) is 11.3 Å². The molecule has 0 unspecified atom stereocenters. The molecule has 138 valence electrons. The fraction of sp³-hybridized carbons (Fsp3) is 0.0455. The summed E-state index contributed by atoms with van der Waals surface area (Å²) >= 11 is 6.02. The molecule has 0 amide bonds. The smallest absolute Gasteiger partial charge is 0.337 e. The number of ether oxygens (including phenoxy) is 1. The van der Waals surface area contributed by atoms with E-state index in [9.17, 15) is 4.79 Å². The minimum absolute atomic E-state index is 0.376. The summed E-state index contributed by atoms with van der Waals surface area (Å²) in [4.78, 5) is 20.9. The standard InChI is InChI=1S/C22H16ClN3O2/c1-28-21(27)15-8-12-17(13-9-15)24-22-25-19-5-3-2-4-18(19)20(26-22)14-6-10-16(23)11-7-14/h2-13H,1H3,(H,24,25,26). The molecular weight excluding hydrogens is 374 g/mol. The van der Waals surface area contributed by atoms with Gasteiger partial charge >= 0.3 is 5.97 Å². The zero-order valence-electron chi connectivity index (χ0n) is 15.0. The first-order valence-corrected chi connectivity index (χ1v) is 9.00. The van der Waals surface area contributed by atoms with Crippen LogP contribution in [-0.4, -0.2) is 23.0 Å². The van der Waals surface area contributed by atoms with Crippen LogP contribution in [0.3, 0.4) is 0 Å². The Morgan fingerprint density at radius 3 is 2.36 bits per heavy atom. The highest BCUT2D eigenvalue weighted by molar-refractivity contribution is 6.30. The van der Waals surface area contributed by atoms with E-state index >= 15 is 0 Å². The number of carbonyl (C=O) groups excluding carboxylic acids is 1. The van der Waals surface area contributed by atoms with E-state index < -0.39 is 0 Å². The molecule has 6 heteroatoms. The number of carbonyl (C=O) groups is 1. The Kier molecular flexibility index (Phi) is 4.91. The second-order valence-corrected chi connectivity index (χ2v) is 6.55. The van der Waals surface area contributed by atoms with E-state index in [0.29, 0.717) is 16.5 Å². The average molecular weight is 390 g/mol. The molecule has 0 fully saturated rings. The number of halogens is 1. The maximum Gasteiger partial charge on any atom is 0.337 e. The Balaban J connectivity index is 1.73. The minimum atomic E-state index is -0.376. The molecule has 4 rings (SSSR count). The van der Waals surface area contributed by atoms with E-state index in [0.717, 1.165) is 27.8 Å². The molecule has 3 aromatic carbocycles. The van der Waals surface area contributed by atoms with Gasteiger partial charge in [-0.2, -0.15) is 0 Å². The zero-order valence-corrected chi connectivity index (χ0v) is 15.8. The van der Waals surface area contributed by atoms with E-state index in [4.69, 9.17) is 21.3 Å². The highest BCUT2D eigenvalue weighted by Gasteiger charge is 2.11. The predicted molar refractivity (Wildman–Crippen MR) is 111 cm³/mol. The summed E-state index contributed by atoms with van der Waals surface area (Å²) in [5.41, 5.74) is 3.85. The molecule has 0 saturated carbocycles. The number of benzene rings is 3. The lowest BCUT2D eigenvalue weighted by molar-refractivity contribution is 0.0601. The van der Waals surface area contributed by atoms with Gasteiger partial charge in [0.2, 0.25) is 5.95 Å². The Morgan fingerprint density at radius 1 is 0.929 bits per heavy atom. The van der Waals surface area contributed by atoms with Crippen molar-refractivity contribution in [2.24, 2.45) is 0 Å². The van der Waals surface area contributed by atoms with E-state index in [-0.39, 0.29) is 5.97 Å². The molecule has 1 heterocycles. The highest BCUT2D eigenvalue weighted by atomic mass is 35.5. The molecule has 0 aliphatic rings. The summed E-state index contributed by atoms with van der Waals surface area (Å²) in [6.45, 7) is 0. The van der Waals surface area contributed by atoms with Crippen molar-refractivity contribution in [1.29, 1.82) is 0 Å². The summed E-state index contributed by atoms with van der Waals surface area (Å²) in [7, 11) is 1.36. The quantitative estimate of drug-likeness (QED) is 0.468. The number of anilines is 2. The third-order valence-corrected chi connectivity index (χ3v) is 4.54. The number of para-hydroxylation sites is 1. The van der Waals surface area contributed by atoms with Gasteiger partial charge in [-0.05, 0) is 42.5 Å². The van der Waals surface area contributed by atoms with E-state index in [1.807, 2.05) is 48.5 Å². The first-order valence-electron chi connectivity index (χ1n) is 8.62. The largest absolute Gasteiger partial charge is 0.465 e. The Morgan fingerprint density at radius 2 is 1.64 bits per heavy atom. The van der Waals surface area contributed by atoms with Crippen molar-refractivity contribution in [1.82, 2.24) is 9.97 Å². The Hall–Kier alpha value is -3.44. The van der Waals surface area contributed by atoms with Crippen LogP contribution in [0.5, 0.6) is 0 Å². The van der Waals surface area contributed by atoms with Crippen LogP contribution in [0.15, 0.2) is 72.8 Å². The first-order chi connectivity index (χ1) is 13.6. The van der Waals surface area contributed by atoms with Crippen LogP contribution in [0.4, 0.5) is 11.6 Å². The van der Waals surface area contributed by atoms with Gasteiger partial charge in [0.15, 0.2) is 0 Å². The van der Waals surface area contributed by atoms with Crippen LogP contribution in [-0.2, 0) is 4.74 Å². The van der Waals surface area contributed by atoms with Gasteiger partial charge in [-0.25, -0.2) is 14.8 Å². The van der Waals surface area contributed by atoms with Crippen molar-refractivity contribution in [3.63, 3.8) is 0 Å². The summed E-state index contributed by atoms with van der Waals surface area (Å²) in [6, 6.07) is 22.3. The summed E-state index contributed by atoms with van der Waals surface area (Å²) in [6.07, 6.45) is 0. The molecule has 1 aromatic heterocycles. The molecule has 28 heavy (non-hydrogen) atoms. The van der Waals surface area contributed by atoms with Gasteiger partial charge in [0.1, 0.15) is 0 Å². The normalized spacial score (nSPS) is 10.6. The molecule has 0 atom stereocenters. The lowest BCUT2D eigenvalue weighted by Crippen LogP contribution is -2.02. The molecule has 5 nitrogen and oxygen atoms in total. The SMILES string of the molecule is COC(=O)c1ccc(Nc2nc(-c3ccc(Cl)cc3)c3ccccc3n2)cc1. The van der Waals surface area contributed by atoms with Crippen molar-refractivity contribution in [2.75, 3.05) is 12.4 Å². The monoisotopic (exact) mass is 389 g/mol. The number of nitrogens with zero attached hydrogens (tertiary/aromatic N) is 2. The molecule has 0 aliphatic carbocycles. The van der Waals surface area contributed by atoms with E-state index in [1.165, 1.54) is 7.11 Å². The van der Waals surface area contributed by atoms with E-state index in [2.05, 4.69) is 10.3 Å². The molecule has 1 N–H and O–H groups in total. The molecule has 0 radical (unpaired) electrons. The molecule has 4 aromatic rings. The summed E-state index contributed by atoms with van der Waals surface area (Å²) in [5, 5.41) is 4.83. The second-order valence-electron chi connectivity index (χ2n) is 6.11. The number of esters is 1. The number of hydrogen-bond donors (Lipinski definition) is 1. The van der Waals surface area contributed by atoms with Crippen LogP contribution in [0.25, 0.3) is 22.2 Å². The Bertz CT molecular complexity index is 1140. The van der Waals surface area contributed by atoms with Crippen LogP contribution in [0.2, 0.25) is 5.02 Å². The van der Waals surface area contributed by atoms with Crippen molar-refractivity contribution < 1.29 is 9.53 Å².